The van der Waals surface area contributed by atoms with Gasteiger partial charge in [0, 0.05) is 5.56 Å². The molecule has 4 aromatic rings. The predicted molar refractivity (Wildman–Crippen MR) is 109 cm³/mol. The minimum Gasteiger partial charge on any atom is -0.508 e. The number of phenolic OH excluding ortho intramolecular Hbond substituents is 1. The number of aromatic hydroxyl groups is 1. The Morgan fingerprint density at radius 2 is 1.56 bits per heavy atom. The third-order valence-electron chi connectivity index (χ3n) is 4.06. The number of methoxy groups -OCH3 is 1. The van der Waals surface area contributed by atoms with Crippen LogP contribution < -0.4 is 10.5 Å². The highest BCUT2D eigenvalue weighted by Gasteiger charge is 2.11. The summed E-state index contributed by atoms with van der Waals surface area (Å²) < 4.78 is 11.0. The van der Waals surface area contributed by atoms with E-state index in [1.54, 1.807) is 31.4 Å². The number of nitrogen functional groups attached to an aromatic ring is 1. The number of nitrogens with zero attached hydrogens (tertiary/aromatic N) is 1. The summed E-state index contributed by atoms with van der Waals surface area (Å²) in [5, 5.41) is 9.42. The van der Waals surface area contributed by atoms with Crippen molar-refractivity contribution in [1.82, 2.24) is 4.98 Å². The number of ether oxygens (including phenoxy) is 1. The molecule has 5 nitrogen and oxygen atoms in total. The van der Waals surface area contributed by atoms with Crippen LogP contribution >= 0.6 is 0 Å². The summed E-state index contributed by atoms with van der Waals surface area (Å²) in [6.07, 6.45) is 0. The number of phenols is 1. The number of benzene rings is 3. The largest absolute Gasteiger partial charge is 0.508 e. The van der Waals surface area contributed by atoms with E-state index in [4.69, 9.17) is 14.9 Å². The van der Waals surface area contributed by atoms with Gasteiger partial charge in [-0.25, -0.2) is 4.98 Å². The second-order valence-electron chi connectivity index (χ2n) is 5.71. The van der Waals surface area contributed by atoms with Crippen LogP contribution in [0, 0.1) is 0 Å². The molecule has 1 aromatic heterocycles. The van der Waals surface area contributed by atoms with E-state index in [1.165, 1.54) is 0 Å². The number of hydrogen-bond donors (Lipinski definition) is 2. The molecule has 27 heavy (non-hydrogen) atoms. The fourth-order valence-electron chi connectivity index (χ4n) is 2.75. The Labute approximate surface area is 158 Å². The van der Waals surface area contributed by atoms with Crippen LogP contribution in [-0.2, 0) is 0 Å². The normalized spacial score (nSPS) is 10.3. The zero-order valence-corrected chi connectivity index (χ0v) is 15.6. The number of anilines is 1. The first-order valence-electron chi connectivity index (χ1n) is 8.78. The molecule has 0 unspecified atom stereocenters. The van der Waals surface area contributed by atoms with Crippen molar-refractivity contribution >= 4 is 16.8 Å². The summed E-state index contributed by atoms with van der Waals surface area (Å²) in [7, 11) is 1.58. The van der Waals surface area contributed by atoms with Crippen LogP contribution in [0.5, 0.6) is 11.5 Å². The Kier molecular flexibility index (Phi) is 5.31. The summed E-state index contributed by atoms with van der Waals surface area (Å²) >= 11 is 0. The quantitative estimate of drug-likeness (QED) is 0.471. The highest BCUT2D eigenvalue weighted by molar-refractivity contribution is 5.83. The highest BCUT2D eigenvalue weighted by atomic mass is 16.5. The van der Waals surface area contributed by atoms with Crippen LogP contribution in [0.3, 0.4) is 0 Å². The lowest BCUT2D eigenvalue weighted by molar-refractivity contribution is 0.417. The van der Waals surface area contributed by atoms with E-state index in [-0.39, 0.29) is 5.75 Å². The number of rotatable bonds is 3. The lowest BCUT2D eigenvalue weighted by Crippen LogP contribution is -1.92. The molecular weight excluding hydrogens is 340 g/mol. The minimum atomic E-state index is 0.241. The highest BCUT2D eigenvalue weighted by Crippen LogP contribution is 2.32. The van der Waals surface area contributed by atoms with E-state index >= 15 is 0 Å². The lowest BCUT2D eigenvalue weighted by Gasteiger charge is -2.04. The first-order valence-corrected chi connectivity index (χ1v) is 8.78. The molecule has 0 spiro atoms. The maximum Gasteiger partial charge on any atom is 0.227 e. The number of fused-ring (bicyclic) bond motifs is 1. The Morgan fingerprint density at radius 3 is 2.22 bits per heavy atom. The van der Waals surface area contributed by atoms with Gasteiger partial charge in [-0.1, -0.05) is 32.0 Å². The molecule has 1 heterocycles. The Hall–Kier alpha value is -3.47. The molecule has 0 amide bonds. The van der Waals surface area contributed by atoms with Gasteiger partial charge in [0.1, 0.15) is 17.0 Å². The standard InChI is InChI=1S/C20H16N2O3.C2H6/c1-24-18-8-5-14(10-16(18)21)20-22-17-11-13(4-9-19(17)25-20)12-2-6-15(23)7-3-12;1-2/h2-11,23H,21H2,1H3;1-2H3. The summed E-state index contributed by atoms with van der Waals surface area (Å²) in [5.41, 5.74) is 10.7. The van der Waals surface area contributed by atoms with E-state index in [1.807, 2.05) is 50.2 Å². The Balaban J connectivity index is 0.00000102. The molecule has 0 radical (unpaired) electrons. The Bertz CT molecular complexity index is 1050. The van der Waals surface area contributed by atoms with Crippen molar-refractivity contribution in [2.45, 2.75) is 13.8 Å². The fraction of sp³-hybridized carbons (Fsp3) is 0.136. The fourth-order valence-corrected chi connectivity index (χ4v) is 2.75. The maximum atomic E-state index is 9.42. The molecule has 0 bridgehead atoms. The van der Waals surface area contributed by atoms with Crippen molar-refractivity contribution in [1.29, 1.82) is 0 Å². The lowest BCUT2D eigenvalue weighted by atomic mass is 10.1. The molecule has 0 aliphatic carbocycles. The SMILES string of the molecule is CC.COc1ccc(-c2nc3cc(-c4ccc(O)cc4)ccc3o2)cc1N. The topological polar surface area (TPSA) is 81.5 Å². The van der Waals surface area contributed by atoms with Gasteiger partial charge in [-0.15, -0.1) is 0 Å². The van der Waals surface area contributed by atoms with Gasteiger partial charge in [-0.05, 0) is 53.6 Å². The van der Waals surface area contributed by atoms with Crippen molar-refractivity contribution in [3.63, 3.8) is 0 Å². The number of nitrogens with two attached hydrogens (primary N) is 1. The van der Waals surface area contributed by atoms with E-state index in [2.05, 4.69) is 4.98 Å². The number of aromatic nitrogens is 1. The second-order valence-corrected chi connectivity index (χ2v) is 5.71. The Morgan fingerprint density at radius 1 is 0.889 bits per heavy atom. The zero-order chi connectivity index (χ0) is 19.4. The molecule has 0 saturated carbocycles. The first-order chi connectivity index (χ1) is 13.1. The van der Waals surface area contributed by atoms with Crippen molar-refractivity contribution in [3.8, 4) is 34.1 Å². The summed E-state index contributed by atoms with van der Waals surface area (Å²) in [6, 6.07) is 18.3. The molecule has 0 aliphatic heterocycles. The van der Waals surface area contributed by atoms with Gasteiger partial charge < -0.3 is 20.0 Å². The molecule has 0 aliphatic rings. The monoisotopic (exact) mass is 362 g/mol. The van der Waals surface area contributed by atoms with Gasteiger partial charge in [0.05, 0.1) is 12.8 Å². The third kappa shape index (κ3) is 3.72. The van der Waals surface area contributed by atoms with Crippen LogP contribution in [0.25, 0.3) is 33.7 Å². The van der Waals surface area contributed by atoms with Crippen LogP contribution in [-0.4, -0.2) is 17.2 Å². The predicted octanol–water partition coefficient (Wildman–Crippen LogP) is 5.48. The molecular formula is C22H22N2O3. The zero-order valence-electron chi connectivity index (χ0n) is 15.6. The first kappa shape index (κ1) is 18.3. The molecule has 3 aromatic carbocycles. The molecule has 5 heteroatoms. The average Bonchev–Trinajstić information content (AvgIpc) is 3.13. The van der Waals surface area contributed by atoms with Crippen LogP contribution in [0.15, 0.2) is 65.1 Å². The third-order valence-corrected chi connectivity index (χ3v) is 4.06. The summed E-state index contributed by atoms with van der Waals surface area (Å²) in [4.78, 5) is 4.57. The summed E-state index contributed by atoms with van der Waals surface area (Å²) in [6.45, 7) is 4.00. The molecule has 0 fully saturated rings. The van der Waals surface area contributed by atoms with Crippen molar-refractivity contribution in [2.75, 3.05) is 12.8 Å². The molecule has 4 rings (SSSR count). The van der Waals surface area contributed by atoms with E-state index in [9.17, 15) is 5.11 Å². The van der Waals surface area contributed by atoms with Crippen LogP contribution in [0.2, 0.25) is 0 Å². The van der Waals surface area contributed by atoms with Gasteiger partial charge in [0.25, 0.3) is 0 Å². The molecule has 0 atom stereocenters. The van der Waals surface area contributed by atoms with Crippen molar-refractivity contribution in [3.05, 3.63) is 60.7 Å². The minimum absolute atomic E-state index is 0.241. The second kappa shape index (κ2) is 7.83. The van der Waals surface area contributed by atoms with E-state index in [0.29, 0.717) is 22.9 Å². The molecule has 138 valence electrons. The van der Waals surface area contributed by atoms with Crippen LogP contribution in [0.4, 0.5) is 5.69 Å². The maximum absolute atomic E-state index is 9.42. The van der Waals surface area contributed by atoms with E-state index < -0.39 is 0 Å². The number of oxazole rings is 1. The molecule has 3 N–H and O–H groups in total. The van der Waals surface area contributed by atoms with Crippen molar-refractivity contribution < 1.29 is 14.3 Å². The van der Waals surface area contributed by atoms with E-state index in [0.717, 1.165) is 22.2 Å². The number of hydrogen-bond acceptors (Lipinski definition) is 5. The molecule has 0 saturated heterocycles. The van der Waals surface area contributed by atoms with Gasteiger partial charge >= 0.3 is 0 Å². The van der Waals surface area contributed by atoms with Crippen molar-refractivity contribution in [2.24, 2.45) is 0 Å². The van der Waals surface area contributed by atoms with Crippen LogP contribution in [0.1, 0.15) is 13.8 Å². The van der Waals surface area contributed by atoms with Gasteiger partial charge in [0.2, 0.25) is 5.89 Å². The van der Waals surface area contributed by atoms with Gasteiger partial charge in [-0.3, -0.25) is 0 Å². The smallest absolute Gasteiger partial charge is 0.227 e. The van der Waals surface area contributed by atoms with Gasteiger partial charge in [-0.2, -0.15) is 0 Å². The summed E-state index contributed by atoms with van der Waals surface area (Å²) in [5.74, 6) is 1.37. The average molecular weight is 362 g/mol. The van der Waals surface area contributed by atoms with Gasteiger partial charge in [0.15, 0.2) is 5.58 Å².